The number of halogens is 5. The van der Waals surface area contributed by atoms with Crippen molar-refractivity contribution in [2.75, 3.05) is 25.1 Å². The maximum absolute atomic E-state index is 14.2. The van der Waals surface area contributed by atoms with Gasteiger partial charge < -0.3 is 14.2 Å². The lowest BCUT2D eigenvalue weighted by Gasteiger charge is -2.25. The second kappa shape index (κ2) is 17.9. The summed E-state index contributed by atoms with van der Waals surface area (Å²) >= 11 is 11.9. The quantitative estimate of drug-likeness (QED) is 0.160. The molecular weight excluding hydrogens is 786 g/mol. The number of benzene rings is 2. The molecular formula is C32H32Cl2F3N7O9S. The number of aryl methyl sites for hydroxylation is 3. The van der Waals surface area contributed by atoms with Crippen molar-refractivity contribution >= 4 is 57.1 Å². The van der Waals surface area contributed by atoms with Gasteiger partial charge in [0.1, 0.15) is 27.9 Å². The van der Waals surface area contributed by atoms with E-state index in [1.165, 1.54) is 31.2 Å². The van der Waals surface area contributed by atoms with Crippen molar-refractivity contribution < 1.29 is 50.2 Å². The Balaban J connectivity index is 0.000000241. The molecule has 0 saturated carbocycles. The first-order valence-electron chi connectivity index (χ1n) is 15.7. The van der Waals surface area contributed by atoms with Crippen LogP contribution in [0.1, 0.15) is 46.6 Å². The van der Waals surface area contributed by atoms with E-state index in [4.69, 9.17) is 37.4 Å². The molecule has 16 nitrogen and oxygen atoms in total. The Morgan fingerprint density at radius 3 is 2.30 bits per heavy atom. The number of nitrogens with zero attached hydrogens (tertiary/aromatic N) is 5. The summed E-state index contributed by atoms with van der Waals surface area (Å²) in [4.78, 5) is 55.7. The molecule has 0 bridgehead atoms. The molecule has 22 heteroatoms. The Morgan fingerprint density at radius 1 is 1.07 bits per heavy atom. The van der Waals surface area contributed by atoms with E-state index < -0.39 is 57.5 Å². The summed E-state index contributed by atoms with van der Waals surface area (Å²) < 4.78 is 82.7. The minimum atomic E-state index is -4.35. The van der Waals surface area contributed by atoms with Gasteiger partial charge in [-0.25, -0.2) is 46.4 Å². The third-order valence-corrected chi connectivity index (χ3v) is 9.25. The smallest absolute Gasteiger partial charge is 0.355 e. The molecule has 1 unspecified atom stereocenters. The highest BCUT2D eigenvalue weighted by Crippen LogP contribution is 2.26. The number of alkyl halides is 3. The highest BCUT2D eigenvalue weighted by molar-refractivity contribution is 7.90. The molecule has 1 aliphatic rings. The lowest BCUT2D eigenvalue weighted by molar-refractivity contribution is -0.142. The molecule has 2 aromatic carbocycles. The van der Waals surface area contributed by atoms with E-state index >= 15 is 0 Å². The van der Waals surface area contributed by atoms with Crippen LogP contribution in [0, 0.1) is 26.6 Å². The number of carbonyl (C=O) groups excluding carboxylic acids is 3. The summed E-state index contributed by atoms with van der Waals surface area (Å²) in [5.74, 6) is -2.77. The van der Waals surface area contributed by atoms with E-state index in [0.29, 0.717) is 16.1 Å². The maximum atomic E-state index is 14.2. The number of ether oxygens (including phenoxy) is 3. The third kappa shape index (κ3) is 10.3. The van der Waals surface area contributed by atoms with Crippen LogP contribution in [0.25, 0.3) is 5.69 Å². The summed E-state index contributed by atoms with van der Waals surface area (Å²) in [5.41, 5.74) is -0.329. The molecule has 3 heterocycles. The van der Waals surface area contributed by atoms with E-state index in [-0.39, 0.29) is 69.3 Å². The summed E-state index contributed by atoms with van der Waals surface area (Å²) in [5, 5.41) is 4.78. The molecule has 2 N–H and O–H groups in total. The normalized spacial score (nSPS) is 13.3. The van der Waals surface area contributed by atoms with Crippen LogP contribution in [0.15, 0.2) is 52.2 Å². The number of carbonyl (C=O) groups is 3. The Kier molecular flexibility index (Phi) is 13.8. The number of urea groups is 1. The van der Waals surface area contributed by atoms with Gasteiger partial charge in [0.15, 0.2) is 5.82 Å². The second-order valence-electron chi connectivity index (χ2n) is 11.3. The van der Waals surface area contributed by atoms with Crippen LogP contribution < -0.4 is 15.7 Å². The summed E-state index contributed by atoms with van der Waals surface area (Å²) in [6.07, 6.45) is -0.531. The van der Waals surface area contributed by atoms with Crippen LogP contribution >= 0.6 is 23.2 Å². The molecule has 1 saturated heterocycles. The van der Waals surface area contributed by atoms with Gasteiger partial charge in [-0.1, -0.05) is 23.7 Å². The van der Waals surface area contributed by atoms with E-state index in [1.54, 1.807) is 26.8 Å². The summed E-state index contributed by atoms with van der Waals surface area (Å²) in [6.45, 7) is 3.75. The molecule has 0 radical (unpaired) electrons. The summed E-state index contributed by atoms with van der Waals surface area (Å²) in [6, 6.07) is 8.12. The van der Waals surface area contributed by atoms with Gasteiger partial charge in [0.25, 0.3) is 10.0 Å². The maximum Gasteiger partial charge on any atom is 0.355 e. The molecule has 0 aliphatic carbocycles. The van der Waals surface area contributed by atoms with Gasteiger partial charge in [0.05, 0.1) is 25.4 Å². The Bertz CT molecular complexity index is 2200. The van der Waals surface area contributed by atoms with E-state index in [0.717, 1.165) is 12.1 Å². The first-order chi connectivity index (χ1) is 25.4. The monoisotopic (exact) mass is 817 g/mol. The zero-order valence-electron chi connectivity index (χ0n) is 28.8. The molecule has 1 atom stereocenters. The van der Waals surface area contributed by atoms with Gasteiger partial charge in [-0.15, -0.1) is 16.7 Å². The van der Waals surface area contributed by atoms with Gasteiger partial charge in [-0.05, 0) is 63.6 Å². The van der Waals surface area contributed by atoms with Crippen LogP contribution in [0.5, 0.6) is 0 Å². The molecule has 5 rings (SSSR count). The zero-order chi connectivity index (χ0) is 39.9. The van der Waals surface area contributed by atoms with Gasteiger partial charge in [0, 0.05) is 22.8 Å². The van der Waals surface area contributed by atoms with Crippen molar-refractivity contribution in [2.24, 2.45) is 0 Å². The van der Waals surface area contributed by atoms with Crippen molar-refractivity contribution in [3.63, 3.8) is 0 Å². The largest absolute Gasteiger partial charge is 0.465 e. The van der Waals surface area contributed by atoms with Crippen LogP contribution in [-0.4, -0.2) is 82.0 Å². The van der Waals surface area contributed by atoms with Crippen molar-refractivity contribution in [1.82, 2.24) is 29.0 Å². The van der Waals surface area contributed by atoms with Crippen LogP contribution in [0.4, 0.5) is 23.9 Å². The van der Waals surface area contributed by atoms with Crippen LogP contribution in [0.3, 0.4) is 0 Å². The van der Waals surface area contributed by atoms with Crippen molar-refractivity contribution in [2.45, 2.75) is 57.0 Å². The number of esters is 2. The number of anilines is 1. The molecule has 2 aromatic heterocycles. The predicted octanol–water partition coefficient (Wildman–Crippen LogP) is 4.40. The molecule has 290 valence electrons. The average Bonchev–Trinajstić information content (AvgIpc) is 3.36. The molecule has 2 amide bonds. The van der Waals surface area contributed by atoms with E-state index in [9.17, 15) is 40.8 Å². The van der Waals surface area contributed by atoms with Crippen LogP contribution in [0.2, 0.25) is 5.02 Å². The number of nitrogens with one attached hydrogen (secondary N) is 2. The Morgan fingerprint density at radius 2 is 1.72 bits per heavy atom. The summed E-state index contributed by atoms with van der Waals surface area (Å²) in [7, 11) is -4.35. The molecule has 4 aromatic rings. The number of aromatic nitrogens is 5. The Labute approximate surface area is 315 Å². The fraction of sp³-hybridized carbons (Fsp3) is 0.344. The van der Waals surface area contributed by atoms with Gasteiger partial charge in [-0.3, -0.25) is 10.1 Å². The second-order valence-corrected chi connectivity index (χ2v) is 13.9. The highest BCUT2D eigenvalue weighted by Gasteiger charge is 2.29. The fourth-order valence-electron chi connectivity index (χ4n) is 4.72. The minimum absolute atomic E-state index is 0.0390. The highest BCUT2D eigenvalue weighted by atomic mass is 35.5. The molecule has 0 spiro atoms. The topological polar surface area (TPSA) is 203 Å². The lowest BCUT2D eigenvalue weighted by atomic mass is 10.1. The van der Waals surface area contributed by atoms with Gasteiger partial charge in [0.2, 0.25) is 5.95 Å². The molecule has 1 fully saturated rings. The Hall–Kier alpha value is -5.05. The van der Waals surface area contributed by atoms with Crippen molar-refractivity contribution in [3.8, 4) is 5.69 Å². The minimum Gasteiger partial charge on any atom is -0.465 e. The average molecular weight is 819 g/mol. The van der Waals surface area contributed by atoms with Gasteiger partial charge >= 0.3 is 30.2 Å². The first-order valence-corrected chi connectivity index (χ1v) is 18.0. The number of sulfonamides is 1. The van der Waals surface area contributed by atoms with E-state index in [1.807, 2.05) is 4.72 Å². The number of hydrogen-bond acceptors (Lipinski definition) is 12. The fourth-order valence-corrected chi connectivity index (χ4v) is 6.28. The number of rotatable bonds is 11. The molecule has 1 aliphatic heterocycles. The van der Waals surface area contributed by atoms with Crippen molar-refractivity contribution in [3.05, 3.63) is 92.1 Å². The number of hydrogen-bond donors (Lipinski definition) is 2. The van der Waals surface area contributed by atoms with Crippen LogP contribution in [-0.2, 0) is 35.4 Å². The van der Waals surface area contributed by atoms with Crippen molar-refractivity contribution in [1.29, 1.82) is 0 Å². The lowest BCUT2D eigenvalue weighted by Crippen LogP contribution is -2.39. The zero-order valence-corrected chi connectivity index (χ0v) is 31.1. The van der Waals surface area contributed by atoms with Gasteiger partial charge in [-0.2, -0.15) is 13.5 Å². The molecule has 54 heavy (non-hydrogen) atoms. The SMILES string of the molecule is CCOC(=O)C(Cl)Cc1cc(-n2nc(C)n(C(F)F)c2=O)c(F)cc1Cl.Cc1cc(C)nc(NC(=O)NS(=O)(=O)c2ccccc2C(=O)OC2COC2)n1. The number of amides is 2. The standard InChI is InChI=1S/C17H18N4O6S.C15H14Cl2F3N3O3/c1-10-7-11(2)19-16(18-10)20-17(23)21-28(24,25)14-6-4-3-5-13(14)15(22)27-12-8-26-9-12;1-3-26-13(24)10(17)4-8-5-12(11(18)6-9(8)16)23-15(25)22(14(19)20)7(2)21-23/h3-7,12H,8-9H2,1-2H3,(H2,18,19,20,21,23);5-6,10,14H,3-4H2,1-2H3. The van der Waals surface area contributed by atoms with E-state index in [2.05, 4.69) is 20.4 Å². The third-order valence-electron chi connectivity index (χ3n) is 7.17. The first kappa shape index (κ1) is 41.7. The predicted molar refractivity (Wildman–Crippen MR) is 186 cm³/mol.